The highest BCUT2D eigenvalue weighted by Crippen LogP contribution is 2.11. The Morgan fingerprint density at radius 2 is 1.00 bits per heavy atom. The Balaban J connectivity index is 3.03. The van der Waals surface area contributed by atoms with Crippen LogP contribution in [0.5, 0.6) is 0 Å². The van der Waals surface area contributed by atoms with Gasteiger partial charge in [0.25, 0.3) is 0 Å². The average Bonchev–Trinajstić information content (AvgIpc) is 2.63. The van der Waals surface area contributed by atoms with Crippen molar-refractivity contribution < 1.29 is 9.84 Å². The van der Waals surface area contributed by atoms with Crippen molar-refractivity contribution in [2.45, 2.75) is 103 Å². The maximum Gasteiger partial charge on any atom is 0.0697 e. The molecule has 0 aromatic carbocycles. The van der Waals surface area contributed by atoms with Gasteiger partial charge in [-0.05, 0) is 45.1 Å². The summed E-state index contributed by atoms with van der Waals surface area (Å²) in [5.41, 5.74) is 5.49. The molecule has 150 valence electrons. The number of aliphatic hydroxyl groups is 1. The van der Waals surface area contributed by atoms with Gasteiger partial charge in [-0.15, -0.1) is 0 Å². The zero-order chi connectivity index (χ0) is 18.3. The third kappa shape index (κ3) is 23.6. The van der Waals surface area contributed by atoms with E-state index in [0.717, 1.165) is 19.6 Å². The van der Waals surface area contributed by atoms with Crippen molar-refractivity contribution in [1.29, 1.82) is 0 Å². The van der Waals surface area contributed by atoms with Gasteiger partial charge in [-0.1, -0.05) is 76.4 Å². The van der Waals surface area contributed by atoms with Gasteiger partial charge in [0.1, 0.15) is 0 Å². The first-order chi connectivity index (χ1) is 12.4. The zero-order valence-electron chi connectivity index (χ0n) is 16.7. The number of hydrogen-bond donors (Lipinski definition) is 2. The lowest BCUT2D eigenvalue weighted by Crippen LogP contribution is -2.00. The summed E-state index contributed by atoms with van der Waals surface area (Å²) in [5.74, 6) is 0. The first-order valence-corrected chi connectivity index (χ1v) is 11.0. The van der Waals surface area contributed by atoms with E-state index in [-0.39, 0.29) is 6.61 Å². The van der Waals surface area contributed by atoms with Crippen LogP contribution in [-0.2, 0) is 4.74 Å². The quantitative estimate of drug-likeness (QED) is 0.203. The highest BCUT2D eigenvalue weighted by Gasteiger charge is 1.93. The second-order valence-electron chi connectivity index (χ2n) is 7.12. The SMILES string of the molecule is NCCCCCCCCC=CCCCCCCCCCCOCCO. The van der Waals surface area contributed by atoms with Crippen LogP contribution in [0.4, 0.5) is 0 Å². The fourth-order valence-electron chi connectivity index (χ4n) is 3.04. The number of unbranched alkanes of at least 4 members (excludes halogenated alkanes) is 14. The molecule has 0 spiro atoms. The Morgan fingerprint density at radius 1 is 0.560 bits per heavy atom. The molecule has 0 aliphatic carbocycles. The van der Waals surface area contributed by atoms with Crippen LogP contribution in [0.1, 0.15) is 103 Å². The number of aliphatic hydroxyl groups excluding tert-OH is 1. The van der Waals surface area contributed by atoms with Crippen molar-refractivity contribution in [2.24, 2.45) is 5.73 Å². The van der Waals surface area contributed by atoms with Gasteiger partial charge in [-0.3, -0.25) is 0 Å². The van der Waals surface area contributed by atoms with Crippen LogP contribution in [0.15, 0.2) is 12.2 Å². The summed E-state index contributed by atoms with van der Waals surface area (Å²) in [6.07, 6.45) is 25.9. The van der Waals surface area contributed by atoms with Gasteiger partial charge >= 0.3 is 0 Å². The van der Waals surface area contributed by atoms with Crippen LogP contribution in [0.2, 0.25) is 0 Å². The number of nitrogens with two attached hydrogens (primary N) is 1. The summed E-state index contributed by atoms with van der Waals surface area (Å²) in [5, 5.41) is 8.59. The molecule has 0 aromatic rings. The van der Waals surface area contributed by atoms with Gasteiger partial charge < -0.3 is 15.6 Å². The molecule has 0 heterocycles. The topological polar surface area (TPSA) is 55.5 Å². The van der Waals surface area contributed by atoms with Gasteiger partial charge in [0.05, 0.1) is 13.2 Å². The van der Waals surface area contributed by atoms with Gasteiger partial charge in [0, 0.05) is 6.61 Å². The van der Waals surface area contributed by atoms with Crippen LogP contribution < -0.4 is 5.73 Å². The molecule has 0 aromatic heterocycles. The fourth-order valence-corrected chi connectivity index (χ4v) is 3.04. The van der Waals surface area contributed by atoms with Crippen molar-refractivity contribution >= 4 is 0 Å². The average molecular weight is 356 g/mol. The molecule has 25 heavy (non-hydrogen) atoms. The monoisotopic (exact) mass is 355 g/mol. The van der Waals surface area contributed by atoms with Crippen molar-refractivity contribution in [3.8, 4) is 0 Å². The second kappa shape index (κ2) is 23.6. The molecule has 0 saturated heterocycles. The van der Waals surface area contributed by atoms with Crippen LogP contribution in [0, 0.1) is 0 Å². The smallest absolute Gasteiger partial charge is 0.0697 e. The summed E-state index contributed by atoms with van der Waals surface area (Å²) >= 11 is 0. The standard InChI is InChI=1S/C22H45NO2/c23-19-17-15-13-11-9-7-5-3-1-2-4-6-8-10-12-14-16-18-21-25-22-20-24/h1,3,24H,2,4-23H2. The Hall–Kier alpha value is -0.380. The van der Waals surface area contributed by atoms with Crippen LogP contribution in [0.3, 0.4) is 0 Å². The van der Waals surface area contributed by atoms with Crippen molar-refractivity contribution in [1.82, 2.24) is 0 Å². The molecule has 0 unspecified atom stereocenters. The van der Waals surface area contributed by atoms with E-state index in [1.807, 2.05) is 0 Å². The minimum absolute atomic E-state index is 0.144. The first-order valence-electron chi connectivity index (χ1n) is 11.0. The molecule has 0 aliphatic heterocycles. The normalized spacial score (nSPS) is 11.6. The van der Waals surface area contributed by atoms with E-state index >= 15 is 0 Å². The van der Waals surface area contributed by atoms with Crippen LogP contribution >= 0.6 is 0 Å². The lowest BCUT2D eigenvalue weighted by molar-refractivity contribution is 0.0895. The minimum atomic E-state index is 0.144. The van der Waals surface area contributed by atoms with E-state index in [2.05, 4.69) is 12.2 Å². The van der Waals surface area contributed by atoms with Gasteiger partial charge in [0.15, 0.2) is 0 Å². The first kappa shape index (κ1) is 24.6. The highest BCUT2D eigenvalue weighted by atomic mass is 16.5. The molecule has 3 heteroatoms. The molecule has 0 saturated carbocycles. The largest absolute Gasteiger partial charge is 0.394 e. The number of rotatable bonds is 21. The molecular formula is C22H45NO2. The molecule has 0 bridgehead atoms. The lowest BCUT2D eigenvalue weighted by atomic mass is 10.1. The fraction of sp³-hybridized carbons (Fsp3) is 0.909. The summed E-state index contributed by atoms with van der Waals surface area (Å²) in [6.45, 7) is 2.29. The highest BCUT2D eigenvalue weighted by molar-refractivity contribution is 4.81. The second-order valence-corrected chi connectivity index (χ2v) is 7.12. The van der Waals surface area contributed by atoms with Crippen molar-refractivity contribution in [3.63, 3.8) is 0 Å². The Kier molecular flexibility index (Phi) is 23.3. The molecule has 0 aliphatic rings. The molecule has 3 nitrogen and oxygen atoms in total. The maximum atomic E-state index is 8.59. The van der Waals surface area contributed by atoms with E-state index in [0.29, 0.717) is 6.61 Å². The maximum absolute atomic E-state index is 8.59. The van der Waals surface area contributed by atoms with E-state index in [9.17, 15) is 0 Å². The van der Waals surface area contributed by atoms with Crippen LogP contribution in [-0.4, -0.2) is 31.5 Å². The zero-order valence-corrected chi connectivity index (χ0v) is 16.7. The third-order valence-electron chi connectivity index (χ3n) is 4.64. The molecule has 3 N–H and O–H groups in total. The predicted molar refractivity (Wildman–Crippen MR) is 110 cm³/mol. The number of hydrogen-bond acceptors (Lipinski definition) is 3. The van der Waals surface area contributed by atoms with Crippen LogP contribution in [0.25, 0.3) is 0 Å². The molecule has 0 fully saturated rings. The third-order valence-corrected chi connectivity index (χ3v) is 4.64. The number of ether oxygens (including phenoxy) is 1. The molecule has 0 atom stereocenters. The van der Waals surface area contributed by atoms with Crippen molar-refractivity contribution in [3.05, 3.63) is 12.2 Å². The van der Waals surface area contributed by atoms with Gasteiger partial charge in [-0.25, -0.2) is 0 Å². The molecule has 0 radical (unpaired) electrons. The summed E-state index contributed by atoms with van der Waals surface area (Å²) in [4.78, 5) is 0. The minimum Gasteiger partial charge on any atom is -0.394 e. The summed E-state index contributed by atoms with van der Waals surface area (Å²) in [7, 11) is 0. The van der Waals surface area contributed by atoms with Crippen molar-refractivity contribution in [2.75, 3.05) is 26.4 Å². The molecule has 0 rings (SSSR count). The summed E-state index contributed by atoms with van der Waals surface area (Å²) < 4.78 is 5.26. The lowest BCUT2D eigenvalue weighted by Gasteiger charge is -2.03. The van der Waals surface area contributed by atoms with Gasteiger partial charge in [-0.2, -0.15) is 0 Å². The number of allylic oxidation sites excluding steroid dienone is 2. The van der Waals surface area contributed by atoms with E-state index in [4.69, 9.17) is 15.6 Å². The Morgan fingerprint density at radius 3 is 1.48 bits per heavy atom. The van der Waals surface area contributed by atoms with E-state index in [1.54, 1.807) is 0 Å². The molecular weight excluding hydrogens is 310 g/mol. The van der Waals surface area contributed by atoms with E-state index in [1.165, 1.54) is 96.3 Å². The molecule has 0 amide bonds. The Labute approximate surface area is 157 Å². The summed E-state index contributed by atoms with van der Waals surface area (Å²) in [6, 6.07) is 0. The predicted octanol–water partition coefficient (Wildman–Crippen LogP) is 5.75. The van der Waals surface area contributed by atoms with E-state index < -0.39 is 0 Å². The Bertz CT molecular complexity index is 256. The van der Waals surface area contributed by atoms with Gasteiger partial charge in [0.2, 0.25) is 0 Å².